The van der Waals surface area contributed by atoms with Crippen molar-refractivity contribution in [1.29, 1.82) is 0 Å². The Morgan fingerprint density at radius 2 is 1.80 bits per heavy atom. The van der Waals surface area contributed by atoms with E-state index in [2.05, 4.69) is 4.98 Å². The second kappa shape index (κ2) is 6.08. The van der Waals surface area contributed by atoms with Crippen LogP contribution in [0.15, 0.2) is 47.3 Å². The average Bonchev–Trinajstić information content (AvgIpc) is 3.28. The fraction of sp³-hybridized carbons (Fsp3) is 0.278. The highest BCUT2D eigenvalue weighted by Gasteiger charge is 2.26. The number of hydrogen-bond donors (Lipinski definition) is 0. The van der Waals surface area contributed by atoms with Crippen LogP contribution in [0.3, 0.4) is 0 Å². The lowest BCUT2D eigenvalue weighted by Crippen LogP contribution is -2.50. The summed E-state index contributed by atoms with van der Waals surface area (Å²) in [5.41, 5.74) is 2.29. The quantitative estimate of drug-likeness (QED) is 0.715. The minimum atomic E-state index is -0.133. The molecule has 4 rings (SSSR count). The van der Waals surface area contributed by atoms with E-state index in [1.54, 1.807) is 34.1 Å². The van der Waals surface area contributed by atoms with Crippen molar-refractivity contribution in [2.24, 2.45) is 0 Å². The van der Waals surface area contributed by atoms with Crippen molar-refractivity contribution < 1.29 is 14.0 Å². The van der Waals surface area contributed by atoms with Crippen LogP contribution in [0, 0.1) is 6.92 Å². The molecule has 0 atom stereocenters. The number of imidazole rings is 1. The number of aromatic nitrogens is 2. The Bertz CT molecular complexity index is 921. The molecule has 2 amide bonds. The van der Waals surface area contributed by atoms with Crippen molar-refractivity contribution in [2.45, 2.75) is 6.92 Å². The van der Waals surface area contributed by atoms with E-state index < -0.39 is 0 Å². The number of aryl methyl sites for hydroxylation is 1. The molecule has 3 aromatic heterocycles. The smallest absolute Gasteiger partial charge is 0.289 e. The van der Waals surface area contributed by atoms with Crippen molar-refractivity contribution >= 4 is 17.5 Å². The summed E-state index contributed by atoms with van der Waals surface area (Å²) in [4.78, 5) is 32.9. The highest BCUT2D eigenvalue weighted by atomic mass is 16.3. The standard InChI is InChI=1S/C18H18N4O3/c1-13-12-22-5-4-14(11-16(22)19-13)17(23)20-6-8-21(9-7-20)18(24)15-3-2-10-25-15/h2-5,10-12H,6-9H2,1H3. The van der Waals surface area contributed by atoms with Gasteiger partial charge in [-0.3, -0.25) is 9.59 Å². The van der Waals surface area contributed by atoms with Crippen LogP contribution in [0.4, 0.5) is 0 Å². The molecule has 0 unspecified atom stereocenters. The van der Waals surface area contributed by atoms with Crippen molar-refractivity contribution in [3.8, 4) is 0 Å². The van der Waals surface area contributed by atoms with Gasteiger partial charge in [-0.15, -0.1) is 0 Å². The van der Waals surface area contributed by atoms with Gasteiger partial charge in [-0.2, -0.15) is 0 Å². The lowest BCUT2D eigenvalue weighted by molar-refractivity contribution is 0.0518. The number of fused-ring (bicyclic) bond motifs is 1. The normalized spacial score (nSPS) is 14.9. The molecule has 128 valence electrons. The Morgan fingerprint density at radius 3 is 2.48 bits per heavy atom. The molecule has 25 heavy (non-hydrogen) atoms. The molecular weight excluding hydrogens is 320 g/mol. The summed E-state index contributed by atoms with van der Waals surface area (Å²) >= 11 is 0. The number of hydrogen-bond acceptors (Lipinski definition) is 4. The molecule has 1 aliphatic rings. The third kappa shape index (κ3) is 2.88. The summed E-state index contributed by atoms with van der Waals surface area (Å²) in [6.45, 7) is 3.92. The van der Waals surface area contributed by atoms with Crippen LogP contribution in [0.1, 0.15) is 26.6 Å². The van der Waals surface area contributed by atoms with Gasteiger partial charge in [0.2, 0.25) is 0 Å². The molecule has 0 N–H and O–H groups in total. The molecule has 1 fully saturated rings. The SMILES string of the molecule is Cc1cn2ccc(C(=O)N3CCN(C(=O)c4ccco4)CC3)cc2n1. The van der Waals surface area contributed by atoms with E-state index in [9.17, 15) is 9.59 Å². The molecular formula is C18H18N4O3. The maximum Gasteiger partial charge on any atom is 0.289 e. The molecule has 7 heteroatoms. The number of piperazine rings is 1. The van der Waals surface area contributed by atoms with Crippen LogP contribution < -0.4 is 0 Å². The van der Waals surface area contributed by atoms with Crippen LogP contribution in [0.2, 0.25) is 0 Å². The fourth-order valence-electron chi connectivity index (χ4n) is 3.09. The van der Waals surface area contributed by atoms with Crippen LogP contribution in [0.5, 0.6) is 0 Å². The first kappa shape index (κ1) is 15.4. The number of carbonyl (C=O) groups excluding carboxylic acids is 2. The van der Waals surface area contributed by atoms with Crippen LogP contribution in [-0.2, 0) is 0 Å². The van der Waals surface area contributed by atoms with Gasteiger partial charge in [0.15, 0.2) is 5.76 Å². The van der Waals surface area contributed by atoms with E-state index >= 15 is 0 Å². The molecule has 1 saturated heterocycles. The summed E-state index contributed by atoms with van der Waals surface area (Å²) in [7, 11) is 0. The number of amides is 2. The Hall–Kier alpha value is -3.09. The maximum atomic E-state index is 12.7. The topological polar surface area (TPSA) is 71.1 Å². The average molecular weight is 338 g/mol. The van der Waals surface area contributed by atoms with Gasteiger partial charge in [-0.25, -0.2) is 4.98 Å². The first-order valence-electron chi connectivity index (χ1n) is 8.19. The van der Waals surface area contributed by atoms with Gasteiger partial charge in [0.1, 0.15) is 5.65 Å². The molecule has 0 spiro atoms. The number of pyridine rings is 1. The minimum Gasteiger partial charge on any atom is -0.459 e. The second-order valence-corrected chi connectivity index (χ2v) is 6.12. The Balaban J connectivity index is 1.44. The Morgan fingerprint density at radius 1 is 1.08 bits per heavy atom. The molecule has 0 aromatic carbocycles. The van der Waals surface area contributed by atoms with Crippen molar-refractivity contribution in [2.75, 3.05) is 26.2 Å². The zero-order valence-electron chi connectivity index (χ0n) is 13.9. The molecule has 7 nitrogen and oxygen atoms in total. The number of furan rings is 1. The number of carbonyl (C=O) groups is 2. The van der Waals surface area contributed by atoms with E-state index in [4.69, 9.17) is 4.42 Å². The van der Waals surface area contributed by atoms with E-state index in [1.807, 2.05) is 23.7 Å². The monoisotopic (exact) mass is 338 g/mol. The maximum absolute atomic E-state index is 12.7. The minimum absolute atomic E-state index is 0.0340. The van der Waals surface area contributed by atoms with Crippen LogP contribution in [-0.4, -0.2) is 57.2 Å². The van der Waals surface area contributed by atoms with Gasteiger partial charge in [-0.1, -0.05) is 0 Å². The summed E-state index contributed by atoms with van der Waals surface area (Å²) < 4.78 is 7.05. The second-order valence-electron chi connectivity index (χ2n) is 6.12. The predicted octanol–water partition coefficient (Wildman–Crippen LogP) is 1.83. The molecule has 3 aromatic rings. The van der Waals surface area contributed by atoms with Crippen molar-refractivity contribution in [3.63, 3.8) is 0 Å². The summed E-state index contributed by atoms with van der Waals surface area (Å²) in [6, 6.07) is 6.95. The third-order valence-electron chi connectivity index (χ3n) is 4.41. The summed E-state index contributed by atoms with van der Waals surface area (Å²) in [5.74, 6) is 0.166. The molecule has 0 bridgehead atoms. The summed E-state index contributed by atoms with van der Waals surface area (Å²) in [5, 5.41) is 0. The molecule has 0 radical (unpaired) electrons. The molecule has 4 heterocycles. The third-order valence-corrected chi connectivity index (χ3v) is 4.41. The zero-order valence-corrected chi connectivity index (χ0v) is 13.9. The van der Waals surface area contributed by atoms with Crippen molar-refractivity contribution in [3.05, 3.63) is 59.9 Å². The Kier molecular flexibility index (Phi) is 3.76. The van der Waals surface area contributed by atoms with Gasteiger partial charge >= 0.3 is 0 Å². The van der Waals surface area contributed by atoms with Gasteiger partial charge in [-0.05, 0) is 31.2 Å². The lowest BCUT2D eigenvalue weighted by Gasteiger charge is -2.34. The van der Waals surface area contributed by atoms with Gasteiger partial charge in [0.25, 0.3) is 11.8 Å². The van der Waals surface area contributed by atoms with Crippen molar-refractivity contribution in [1.82, 2.24) is 19.2 Å². The van der Waals surface area contributed by atoms with Crippen LogP contribution >= 0.6 is 0 Å². The number of nitrogens with zero attached hydrogens (tertiary/aromatic N) is 4. The lowest BCUT2D eigenvalue weighted by atomic mass is 10.2. The van der Waals surface area contributed by atoms with E-state index in [0.29, 0.717) is 37.5 Å². The highest BCUT2D eigenvalue weighted by molar-refractivity contribution is 5.95. The molecule has 1 aliphatic heterocycles. The predicted molar refractivity (Wildman–Crippen MR) is 90.4 cm³/mol. The van der Waals surface area contributed by atoms with E-state index in [0.717, 1.165) is 11.3 Å². The van der Waals surface area contributed by atoms with E-state index in [1.165, 1.54) is 6.26 Å². The summed E-state index contributed by atoms with van der Waals surface area (Å²) in [6.07, 6.45) is 5.25. The van der Waals surface area contributed by atoms with Gasteiger partial charge < -0.3 is 18.6 Å². The van der Waals surface area contributed by atoms with E-state index in [-0.39, 0.29) is 11.8 Å². The number of rotatable bonds is 2. The largest absolute Gasteiger partial charge is 0.459 e. The first-order valence-corrected chi connectivity index (χ1v) is 8.19. The van der Waals surface area contributed by atoms with Gasteiger partial charge in [0.05, 0.1) is 12.0 Å². The molecule has 0 aliphatic carbocycles. The zero-order chi connectivity index (χ0) is 17.4. The highest BCUT2D eigenvalue weighted by Crippen LogP contribution is 2.14. The van der Waals surface area contributed by atoms with Crippen LogP contribution in [0.25, 0.3) is 5.65 Å². The fourth-order valence-corrected chi connectivity index (χ4v) is 3.09. The van der Waals surface area contributed by atoms with Gasteiger partial charge in [0, 0.05) is 44.1 Å². The molecule has 0 saturated carbocycles. The first-order chi connectivity index (χ1) is 12.1. The Labute approximate surface area is 144 Å².